The number of hydrogen-bond acceptors (Lipinski definition) is 10. The van der Waals surface area contributed by atoms with E-state index in [-0.39, 0.29) is 41.7 Å². The summed E-state index contributed by atoms with van der Waals surface area (Å²) in [6.45, 7) is 2.44. The summed E-state index contributed by atoms with van der Waals surface area (Å²) >= 11 is 1.18. The number of fused-ring (bicyclic) bond motifs is 2. The molecule has 0 radical (unpaired) electrons. The summed E-state index contributed by atoms with van der Waals surface area (Å²) in [6.07, 6.45) is 6.62. The molecule has 61 heavy (non-hydrogen) atoms. The predicted octanol–water partition coefficient (Wildman–Crippen LogP) is 7.53. The molecule has 5 heterocycles. The third-order valence-electron chi connectivity index (χ3n) is 11.6. The van der Waals surface area contributed by atoms with E-state index in [1.165, 1.54) is 42.5 Å². The van der Waals surface area contributed by atoms with Crippen molar-refractivity contribution in [3.8, 4) is 11.5 Å². The number of carbonyl (C=O) groups is 4. The monoisotopic (exact) mass is 867 g/mol. The zero-order valence-corrected chi connectivity index (χ0v) is 35.5. The van der Waals surface area contributed by atoms with Gasteiger partial charge in [-0.2, -0.15) is 0 Å². The van der Waals surface area contributed by atoms with Crippen molar-refractivity contribution in [3.05, 3.63) is 125 Å². The van der Waals surface area contributed by atoms with Gasteiger partial charge >= 0.3 is 13.5 Å². The van der Waals surface area contributed by atoms with Crippen molar-refractivity contribution in [2.45, 2.75) is 81.6 Å². The van der Waals surface area contributed by atoms with Crippen LogP contribution in [0.15, 0.2) is 103 Å². The van der Waals surface area contributed by atoms with Gasteiger partial charge in [0.05, 0.1) is 12.0 Å². The maximum atomic E-state index is 16.7. The molecule has 3 aliphatic heterocycles. The number of ether oxygens (including phenoxy) is 2. The molecule has 3 amide bonds. The molecule has 0 aliphatic carbocycles. The van der Waals surface area contributed by atoms with E-state index in [0.717, 1.165) is 29.7 Å². The predicted molar refractivity (Wildman–Crippen MR) is 228 cm³/mol. The van der Waals surface area contributed by atoms with Crippen molar-refractivity contribution < 1.29 is 42.1 Å². The van der Waals surface area contributed by atoms with Crippen LogP contribution < -0.4 is 19.7 Å². The minimum atomic E-state index is -4.50. The van der Waals surface area contributed by atoms with Crippen LogP contribution in [0.2, 0.25) is 0 Å². The van der Waals surface area contributed by atoms with E-state index in [2.05, 4.69) is 15.4 Å². The zero-order valence-electron chi connectivity index (χ0n) is 33.8. The number of halogens is 1. The lowest BCUT2D eigenvalue weighted by Crippen LogP contribution is -2.58. The lowest BCUT2D eigenvalue weighted by atomic mass is 9.91. The van der Waals surface area contributed by atoms with Gasteiger partial charge in [-0.05, 0) is 91.9 Å². The van der Waals surface area contributed by atoms with Gasteiger partial charge < -0.3 is 29.1 Å². The molecule has 3 saturated heterocycles. The van der Waals surface area contributed by atoms with Crippen LogP contribution in [0.1, 0.15) is 77.2 Å². The molecule has 0 bridgehead atoms. The van der Waals surface area contributed by atoms with Gasteiger partial charge in [0.2, 0.25) is 17.7 Å². The average molecular weight is 868 g/mol. The first-order chi connectivity index (χ1) is 29.5. The van der Waals surface area contributed by atoms with Crippen LogP contribution in [-0.4, -0.2) is 82.8 Å². The van der Waals surface area contributed by atoms with Gasteiger partial charge in [0.25, 0.3) is 5.91 Å². The van der Waals surface area contributed by atoms with E-state index in [1.54, 1.807) is 77.8 Å². The zero-order chi connectivity index (χ0) is 42.7. The number of para-hydroxylation sites is 1. The largest absolute Gasteiger partial charge is 0.496 e. The molecule has 0 unspecified atom stereocenters. The number of aromatic nitrogens is 1. The molecule has 3 aliphatic rings. The number of likely N-dealkylation sites (tertiary alicyclic amines) is 1. The fraction of sp³-hybridized carbons (Fsp3) is 0.356. The standard InChI is InChI=1S/C45H47FN5O8PS/c1-28(45(55)58-27-29-10-5-3-6-11-29)49-60(56,59-34-13-7-4-8-14-34)41(46)30-16-19-39-31(22-30)23-40(61-39)42(52)48-36-15-9-12-33-17-18-37(51(33)43(36)53)44(54)50-25-32(26-50)35-24-47-21-20-38(35)57-2/h3-8,10-11,13-14,16,19-24,28,32-33,36-37,41H,9,12,15,17-18,25-27H2,1-2H3,(H,48,52)(H,49,56)/t28-,33-,36-,37-,41-,60-/m0/s1. The van der Waals surface area contributed by atoms with Crippen molar-refractivity contribution in [1.82, 2.24) is 25.2 Å². The molecular weight excluding hydrogens is 821 g/mol. The minimum absolute atomic E-state index is 0.0108. The first kappa shape index (κ1) is 42.1. The summed E-state index contributed by atoms with van der Waals surface area (Å²) in [5.41, 5.74) is 1.72. The van der Waals surface area contributed by atoms with Gasteiger partial charge in [-0.1, -0.05) is 54.6 Å². The molecule has 3 fully saturated rings. The van der Waals surface area contributed by atoms with Crippen LogP contribution in [-0.2, 0) is 30.3 Å². The Labute approximate surface area is 357 Å². The summed E-state index contributed by atoms with van der Waals surface area (Å²) < 4.78 is 48.5. The van der Waals surface area contributed by atoms with E-state index < -0.39 is 43.4 Å². The van der Waals surface area contributed by atoms with Gasteiger partial charge in [0, 0.05) is 47.7 Å². The number of nitrogens with zero attached hydrogens (tertiary/aromatic N) is 3. The van der Waals surface area contributed by atoms with Crippen molar-refractivity contribution in [3.63, 3.8) is 0 Å². The van der Waals surface area contributed by atoms with Gasteiger partial charge in [-0.25, -0.2) is 9.48 Å². The second kappa shape index (κ2) is 18.2. The molecule has 13 nitrogen and oxygen atoms in total. The Kier molecular flexibility index (Phi) is 12.5. The van der Waals surface area contributed by atoms with Crippen molar-refractivity contribution in [2.24, 2.45) is 0 Å². The Morgan fingerprint density at radius 3 is 2.48 bits per heavy atom. The SMILES string of the molecule is COc1ccncc1C1CN(C(=O)[C@@H]2CC[C@@H]3CCC[C@H](NC(=O)c4cc5cc([C@@H](F)[P@@](=O)(N[C@@H](C)C(=O)OCc6ccccc6)Oc6ccccc6)ccc5s4)C(=O)N32)C1. The summed E-state index contributed by atoms with van der Waals surface area (Å²) in [6, 6.07) is 22.5. The highest BCUT2D eigenvalue weighted by molar-refractivity contribution is 7.57. The number of rotatable bonds is 14. The molecule has 5 aromatic rings. The Balaban J connectivity index is 0.941. The summed E-state index contributed by atoms with van der Waals surface area (Å²) in [5, 5.41) is 6.07. The highest BCUT2D eigenvalue weighted by atomic mass is 32.1. The number of benzene rings is 3. The number of nitrogens with one attached hydrogen (secondary N) is 2. The Bertz CT molecular complexity index is 2450. The Hall–Kier alpha value is -5.63. The number of esters is 1. The lowest BCUT2D eigenvalue weighted by molar-refractivity contribution is -0.148. The molecule has 0 spiro atoms. The third-order valence-corrected chi connectivity index (χ3v) is 14.9. The highest BCUT2D eigenvalue weighted by Crippen LogP contribution is 2.58. The third kappa shape index (κ3) is 9.05. The van der Waals surface area contributed by atoms with Gasteiger partial charge in [0.15, 0.2) is 0 Å². The number of carbonyl (C=O) groups excluding carboxylic acids is 4. The summed E-state index contributed by atoms with van der Waals surface area (Å²) in [7, 11) is -2.89. The molecule has 6 atom stereocenters. The minimum Gasteiger partial charge on any atom is -0.496 e. The van der Waals surface area contributed by atoms with Crippen molar-refractivity contribution >= 4 is 52.6 Å². The Morgan fingerprint density at radius 2 is 1.72 bits per heavy atom. The summed E-state index contributed by atoms with van der Waals surface area (Å²) in [4.78, 5) is 62.8. The molecule has 0 saturated carbocycles. The molecule has 2 aromatic heterocycles. The van der Waals surface area contributed by atoms with E-state index in [0.29, 0.717) is 47.3 Å². The number of alkyl halides is 1. The van der Waals surface area contributed by atoms with Gasteiger partial charge in [-0.3, -0.25) is 28.7 Å². The average Bonchev–Trinajstić information content (AvgIpc) is 3.86. The smallest absolute Gasteiger partial charge is 0.355 e. The number of pyridine rings is 1. The number of thiophene rings is 1. The first-order valence-corrected chi connectivity index (χ1v) is 22.9. The molecule has 16 heteroatoms. The Morgan fingerprint density at radius 1 is 0.967 bits per heavy atom. The fourth-order valence-electron chi connectivity index (χ4n) is 8.39. The maximum absolute atomic E-state index is 16.7. The summed E-state index contributed by atoms with van der Waals surface area (Å²) in [5.74, 6) is -2.79. The van der Waals surface area contributed by atoms with Crippen LogP contribution in [0.5, 0.6) is 11.5 Å². The number of methoxy groups -OCH3 is 1. The molecule has 318 valence electrons. The molecule has 8 rings (SSSR count). The van der Waals surface area contributed by atoms with E-state index in [1.807, 2.05) is 18.2 Å². The normalized spacial score (nSPS) is 21.0. The van der Waals surface area contributed by atoms with Crippen LogP contribution in [0.4, 0.5) is 4.39 Å². The second-order valence-corrected chi connectivity index (χ2v) is 18.9. The van der Waals surface area contributed by atoms with Crippen LogP contribution >= 0.6 is 18.9 Å². The maximum Gasteiger partial charge on any atom is 0.355 e. The topological polar surface area (TPSA) is 156 Å². The lowest BCUT2D eigenvalue weighted by Gasteiger charge is -2.42. The van der Waals surface area contributed by atoms with Gasteiger partial charge in [-0.15, -0.1) is 11.3 Å². The first-order valence-electron chi connectivity index (χ1n) is 20.4. The van der Waals surface area contributed by atoms with E-state index >= 15 is 4.39 Å². The fourth-order valence-corrected chi connectivity index (χ4v) is 11.2. The number of hydrogen-bond donors (Lipinski definition) is 2. The highest BCUT2D eigenvalue weighted by Gasteiger charge is 2.48. The van der Waals surface area contributed by atoms with E-state index in [4.69, 9.17) is 14.0 Å². The molecular formula is C45H47FN5O8PS. The molecule has 3 aromatic carbocycles. The van der Waals surface area contributed by atoms with E-state index in [9.17, 15) is 23.7 Å². The van der Waals surface area contributed by atoms with Crippen LogP contribution in [0, 0.1) is 0 Å². The number of amides is 3. The van der Waals surface area contributed by atoms with Crippen molar-refractivity contribution in [2.75, 3.05) is 20.2 Å². The molecule has 2 N–H and O–H groups in total. The second-order valence-electron chi connectivity index (χ2n) is 15.7. The van der Waals surface area contributed by atoms with Crippen molar-refractivity contribution in [1.29, 1.82) is 0 Å². The van der Waals surface area contributed by atoms with Crippen LogP contribution in [0.25, 0.3) is 10.1 Å². The van der Waals surface area contributed by atoms with Gasteiger partial charge in [0.1, 0.15) is 36.2 Å². The quantitative estimate of drug-likeness (QED) is 0.0845. The van der Waals surface area contributed by atoms with Crippen LogP contribution in [0.3, 0.4) is 0 Å².